The van der Waals surface area contributed by atoms with Crippen LogP contribution >= 0.6 is 0 Å². The predicted octanol–water partition coefficient (Wildman–Crippen LogP) is 1.98. The molecule has 0 amide bonds. The van der Waals surface area contributed by atoms with Crippen LogP contribution in [-0.4, -0.2) is 21.3 Å². The fourth-order valence-electron chi connectivity index (χ4n) is 1.53. The van der Waals surface area contributed by atoms with Gasteiger partial charge in [-0.1, -0.05) is 0 Å². The first-order valence-electron chi connectivity index (χ1n) is 4.43. The van der Waals surface area contributed by atoms with Crippen LogP contribution in [0, 0.1) is 13.8 Å². The number of aromatic nitrogens is 2. The number of H-pyrrole nitrogens is 1. The van der Waals surface area contributed by atoms with Crippen molar-refractivity contribution in [1.29, 1.82) is 0 Å². The Balaban J connectivity index is 2.58. The number of aryl methyl sites for hydroxylation is 2. The van der Waals surface area contributed by atoms with Gasteiger partial charge >= 0.3 is 5.97 Å². The fourth-order valence-corrected chi connectivity index (χ4v) is 1.53. The second kappa shape index (κ2) is 3.27. The monoisotopic (exact) mass is 206 g/mol. The van der Waals surface area contributed by atoms with Crippen LogP contribution in [0.1, 0.15) is 21.9 Å². The molecule has 2 aromatic heterocycles. The number of nitrogens with one attached hydrogen (secondary N) is 1. The number of hydrogen-bond acceptors (Lipinski definition) is 3. The van der Waals surface area contributed by atoms with Gasteiger partial charge in [0, 0.05) is 5.56 Å². The van der Waals surface area contributed by atoms with Crippen molar-refractivity contribution >= 4 is 5.97 Å². The third kappa shape index (κ3) is 1.52. The summed E-state index contributed by atoms with van der Waals surface area (Å²) >= 11 is 0. The second-order valence-corrected chi connectivity index (χ2v) is 3.29. The van der Waals surface area contributed by atoms with Gasteiger partial charge in [-0.05, 0) is 19.9 Å². The highest BCUT2D eigenvalue weighted by Crippen LogP contribution is 2.27. The summed E-state index contributed by atoms with van der Waals surface area (Å²) < 4.78 is 5.33. The van der Waals surface area contributed by atoms with E-state index in [-0.39, 0.29) is 5.56 Å². The molecular weight excluding hydrogens is 196 g/mol. The van der Waals surface area contributed by atoms with Crippen molar-refractivity contribution < 1.29 is 14.3 Å². The summed E-state index contributed by atoms with van der Waals surface area (Å²) in [7, 11) is 0. The molecule has 5 heteroatoms. The number of aromatic carboxylic acids is 1. The minimum absolute atomic E-state index is 0.152. The zero-order valence-corrected chi connectivity index (χ0v) is 8.37. The highest BCUT2D eigenvalue weighted by molar-refractivity contribution is 5.94. The molecule has 0 bridgehead atoms. The third-order valence-corrected chi connectivity index (χ3v) is 2.18. The highest BCUT2D eigenvalue weighted by atomic mass is 16.4. The Hall–Kier alpha value is -2.04. The minimum Gasteiger partial charge on any atom is -0.478 e. The Bertz CT molecular complexity index is 510. The van der Waals surface area contributed by atoms with E-state index in [2.05, 4.69) is 10.2 Å². The summed E-state index contributed by atoms with van der Waals surface area (Å²) in [4.78, 5) is 10.9. The smallest absolute Gasteiger partial charge is 0.339 e. The summed E-state index contributed by atoms with van der Waals surface area (Å²) in [5.74, 6) is 0.421. The summed E-state index contributed by atoms with van der Waals surface area (Å²) in [5.41, 5.74) is 1.37. The molecule has 0 aromatic carbocycles. The number of rotatable bonds is 2. The molecule has 78 valence electrons. The van der Waals surface area contributed by atoms with E-state index in [0.717, 1.165) is 11.3 Å². The molecule has 0 fully saturated rings. The van der Waals surface area contributed by atoms with Gasteiger partial charge in [0.05, 0.1) is 11.9 Å². The Kier molecular flexibility index (Phi) is 2.07. The van der Waals surface area contributed by atoms with E-state index in [1.54, 1.807) is 13.0 Å². The van der Waals surface area contributed by atoms with Crippen LogP contribution in [0.4, 0.5) is 0 Å². The Morgan fingerprint density at radius 2 is 2.27 bits per heavy atom. The zero-order chi connectivity index (χ0) is 11.0. The van der Waals surface area contributed by atoms with Gasteiger partial charge in [0.1, 0.15) is 17.1 Å². The predicted molar refractivity (Wildman–Crippen MR) is 52.7 cm³/mol. The molecule has 0 saturated heterocycles. The SMILES string of the molecule is Cc1cc(-c2[nH]ncc2C(=O)O)c(C)o1. The van der Waals surface area contributed by atoms with Gasteiger partial charge in [-0.15, -0.1) is 0 Å². The van der Waals surface area contributed by atoms with Gasteiger partial charge in [-0.25, -0.2) is 4.79 Å². The van der Waals surface area contributed by atoms with Crippen molar-refractivity contribution in [3.8, 4) is 11.3 Å². The first-order chi connectivity index (χ1) is 7.09. The third-order valence-electron chi connectivity index (χ3n) is 2.18. The average molecular weight is 206 g/mol. The Morgan fingerprint density at radius 1 is 1.53 bits per heavy atom. The highest BCUT2D eigenvalue weighted by Gasteiger charge is 2.17. The fraction of sp³-hybridized carbons (Fsp3) is 0.200. The van der Waals surface area contributed by atoms with Crippen molar-refractivity contribution in [3.63, 3.8) is 0 Å². The standard InChI is InChI=1S/C10H10N2O3/c1-5-3-7(6(2)15-5)9-8(10(13)14)4-11-12-9/h3-4H,1-2H3,(H,11,12)(H,13,14). The molecular formula is C10H10N2O3. The second-order valence-electron chi connectivity index (χ2n) is 3.29. The number of carboxylic acid groups (broad SMARTS) is 1. The van der Waals surface area contributed by atoms with Gasteiger partial charge in [-0.2, -0.15) is 5.10 Å². The average Bonchev–Trinajstić information content (AvgIpc) is 2.71. The van der Waals surface area contributed by atoms with Crippen LogP contribution in [-0.2, 0) is 0 Å². The minimum atomic E-state index is -1.00. The van der Waals surface area contributed by atoms with E-state index in [0.29, 0.717) is 11.5 Å². The molecule has 2 rings (SSSR count). The van der Waals surface area contributed by atoms with Crippen molar-refractivity contribution in [3.05, 3.63) is 29.3 Å². The molecule has 0 aliphatic rings. The largest absolute Gasteiger partial charge is 0.478 e. The molecule has 0 aliphatic carbocycles. The first-order valence-corrected chi connectivity index (χ1v) is 4.43. The lowest BCUT2D eigenvalue weighted by Gasteiger charge is -1.96. The van der Waals surface area contributed by atoms with E-state index in [9.17, 15) is 4.79 Å². The van der Waals surface area contributed by atoms with Gasteiger partial charge in [0.2, 0.25) is 0 Å². The maximum atomic E-state index is 10.9. The summed E-state index contributed by atoms with van der Waals surface area (Å²) in [6, 6.07) is 1.79. The van der Waals surface area contributed by atoms with E-state index in [1.807, 2.05) is 6.92 Å². The lowest BCUT2D eigenvalue weighted by atomic mass is 10.1. The summed E-state index contributed by atoms with van der Waals surface area (Å²) in [6.07, 6.45) is 1.29. The maximum Gasteiger partial charge on any atom is 0.339 e. The number of hydrogen-bond donors (Lipinski definition) is 2. The van der Waals surface area contributed by atoms with Crippen LogP contribution in [0.15, 0.2) is 16.7 Å². The van der Waals surface area contributed by atoms with Crippen molar-refractivity contribution in [2.45, 2.75) is 13.8 Å². The topological polar surface area (TPSA) is 79.1 Å². The van der Waals surface area contributed by atoms with E-state index >= 15 is 0 Å². The molecule has 15 heavy (non-hydrogen) atoms. The molecule has 0 radical (unpaired) electrons. The maximum absolute atomic E-state index is 10.9. The molecule has 5 nitrogen and oxygen atoms in total. The van der Waals surface area contributed by atoms with Gasteiger partial charge in [0.15, 0.2) is 0 Å². The molecule has 0 unspecified atom stereocenters. The number of furan rings is 1. The van der Waals surface area contributed by atoms with Gasteiger partial charge in [-0.3, -0.25) is 5.10 Å². The van der Waals surface area contributed by atoms with Crippen LogP contribution in [0.25, 0.3) is 11.3 Å². The van der Waals surface area contributed by atoms with Gasteiger partial charge < -0.3 is 9.52 Å². The molecule has 0 atom stereocenters. The summed E-state index contributed by atoms with van der Waals surface area (Å²) in [5, 5.41) is 15.3. The van der Waals surface area contributed by atoms with E-state index in [1.165, 1.54) is 6.20 Å². The van der Waals surface area contributed by atoms with Crippen molar-refractivity contribution in [1.82, 2.24) is 10.2 Å². The first kappa shape index (κ1) is 9.51. The van der Waals surface area contributed by atoms with Gasteiger partial charge in [0.25, 0.3) is 0 Å². The van der Waals surface area contributed by atoms with E-state index in [4.69, 9.17) is 9.52 Å². The molecule has 2 heterocycles. The Morgan fingerprint density at radius 3 is 2.80 bits per heavy atom. The lowest BCUT2D eigenvalue weighted by Crippen LogP contribution is -1.96. The zero-order valence-electron chi connectivity index (χ0n) is 8.37. The Labute approximate surface area is 85.7 Å². The van der Waals surface area contributed by atoms with Crippen LogP contribution < -0.4 is 0 Å². The van der Waals surface area contributed by atoms with E-state index < -0.39 is 5.97 Å². The molecule has 2 N–H and O–H groups in total. The summed E-state index contributed by atoms with van der Waals surface area (Å²) in [6.45, 7) is 3.60. The number of carbonyl (C=O) groups is 1. The number of aromatic amines is 1. The van der Waals surface area contributed by atoms with Crippen LogP contribution in [0.3, 0.4) is 0 Å². The van der Waals surface area contributed by atoms with Crippen molar-refractivity contribution in [2.75, 3.05) is 0 Å². The molecule has 2 aromatic rings. The molecule has 0 aliphatic heterocycles. The molecule has 0 spiro atoms. The lowest BCUT2D eigenvalue weighted by molar-refractivity contribution is 0.0698. The number of nitrogens with zero attached hydrogens (tertiary/aromatic N) is 1. The van der Waals surface area contributed by atoms with Crippen molar-refractivity contribution in [2.24, 2.45) is 0 Å². The number of carboxylic acids is 1. The van der Waals surface area contributed by atoms with Crippen LogP contribution in [0.2, 0.25) is 0 Å². The van der Waals surface area contributed by atoms with Crippen LogP contribution in [0.5, 0.6) is 0 Å². The quantitative estimate of drug-likeness (QED) is 0.787. The molecule has 0 saturated carbocycles. The normalized spacial score (nSPS) is 10.5.